The average Bonchev–Trinajstić information content (AvgIpc) is 3.67. The summed E-state index contributed by atoms with van der Waals surface area (Å²) in [6.45, 7) is 10.7. The van der Waals surface area contributed by atoms with Crippen LogP contribution in [0, 0.1) is 18.8 Å². The summed E-state index contributed by atoms with van der Waals surface area (Å²) >= 11 is 10.3. The van der Waals surface area contributed by atoms with E-state index < -0.39 is 66.1 Å². The quantitative estimate of drug-likeness (QED) is 0.164. The number of aliphatic hydroxyl groups is 1. The van der Waals surface area contributed by atoms with Crippen LogP contribution >= 0.6 is 27.5 Å². The molecule has 256 valence electrons. The van der Waals surface area contributed by atoms with Crippen LogP contribution in [0.15, 0.2) is 73.8 Å². The van der Waals surface area contributed by atoms with Crippen LogP contribution in [0.3, 0.4) is 0 Å². The highest BCUT2D eigenvalue weighted by atomic mass is 79.9. The number of amides is 3. The molecule has 3 fully saturated rings. The molecule has 12 heteroatoms. The number of alkyl halides is 1. The lowest BCUT2D eigenvalue weighted by Gasteiger charge is -2.39. The molecule has 3 aliphatic rings. The number of ether oxygens (including phenoxy) is 2. The molecule has 8 atom stereocenters. The Hall–Kier alpha value is -3.51. The number of fused-ring (bicyclic) bond motifs is 1. The molecule has 0 aliphatic carbocycles. The van der Waals surface area contributed by atoms with E-state index in [0.717, 1.165) is 5.56 Å². The molecule has 3 saturated heterocycles. The molecule has 3 aliphatic heterocycles. The number of nitrogens with one attached hydrogen (secondary N) is 1. The Labute approximate surface area is 294 Å². The second-order valence-corrected chi connectivity index (χ2v) is 14.1. The van der Waals surface area contributed by atoms with Crippen LogP contribution < -0.4 is 10.2 Å². The maximum absolute atomic E-state index is 14.8. The van der Waals surface area contributed by atoms with Crippen molar-refractivity contribution in [3.05, 3.63) is 90.0 Å². The number of hydrogen-bond donors (Lipinski definition) is 2. The lowest BCUT2D eigenvalue weighted by Crippen LogP contribution is -2.59. The van der Waals surface area contributed by atoms with Crippen molar-refractivity contribution in [2.45, 2.75) is 67.8 Å². The SMILES string of the molecule is C=CCCC(=O)NC[C@H](OC(=O)[C@@H]1[C@H]2O[C@@]3(CC2Br)[C@H](C(=O)N(CC=C)c2c(C)cccc2Cl)N([C@H](C)CO)C(=O)[C@@H]13)c1ccccc1. The van der Waals surface area contributed by atoms with Crippen molar-refractivity contribution >= 4 is 56.9 Å². The fourth-order valence-electron chi connectivity index (χ4n) is 7.35. The predicted octanol–water partition coefficient (Wildman–Crippen LogP) is 4.66. The molecular weight excluding hydrogens is 702 g/mol. The summed E-state index contributed by atoms with van der Waals surface area (Å²) in [5.41, 5.74) is 0.502. The van der Waals surface area contributed by atoms with Gasteiger partial charge in [0.15, 0.2) is 0 Å². The van der Waals surface area contributed by atoms with E-state index in [0.29, 0.717) is 22.7 Å². The third-order valence-electron chi connectivity index (χ3n) is 9.50. The zero-order valence-electron chi connectivity index (χ0n) is 27.0. The first kappa shape index (κ1) is 35.8. The summed E-state index contributed by atoms with van der Waals surface area (Å²) in [5.74, 6) is -3.92. The molecule has 2 aromatic carbocycles. The summed E-state index contributed by atoms with van der Waals surface area (Å²) in [6, 6.07) is 12.4. The number of anilines is 1. The minimum atomic E-state index is -1.39. The maximum Gasteiger partial charge on any atom is 0.313 e. The number of carbonyl (C=O) groups is 4. The molecule has 1 unspecified atom stereocenters. The van der Waals surface area contributed by atoms with E-state index in [1.54, 1.807) is 55.5 Å². The first-order valence-electron chi connectivity index (χ1n) is 16.1. The highest BCUT2D eigenvalue weighted by Crippen LogP contribution is 2.61. The van der Waals surface area contributed by atoms with Crippen molar-refractivity contribution in [1.29, 1.82) is 0 Å². The number of likely N-dealkylation sites (tertiary alicyclic amines) is 1. The number of allylic oxidation sites excluding steroid dienone is 1. The second kappa shape index (κ2) is 14.9. The molecule has 1 spiro atoms. The lowest BCUT2D eigenvalue weighted by molar-refractivity contribution is -0.160. The Morgan fingerprint density at radius 1 is 1.21 bits per heavy atom. The fraction of sp³-hybridized carbons (Fsp3) is 0.444. The van der Waals surface area contributed by atoms with Crippen molar-refractivity contribution < 1.29 is 33.8 Å². The Morgan fingerprint density at radius 3 is 2.58 bits per heavy atom. The van der Waals surface area contributed by atoms with Crippen molar-refractivity contribution in [2.75, 3.05) is 24.6 Å². The molecule has 2 aromatic rings. The van der Waals surface area contributed by atoms with Gasteiger partial charge in [0, 0.05) is 17.8 Å². The normalized spacial score (nSPS) is 26.8. The fourth-order valence-corrected chi connectivity index (χ4v) is 8.62. The van der Waals surface area contributed by atoms with Gasteiger partial charge in [-0.2, -0.15) is 0 Å². The van der Waals surface area contributed by atoms with Gasteiger partial charge in [0.2, 0.25) is 11.8 Å². The van der Waals surface area contributed by atoms with Gasteiger partial charge in [-0.1, -0.05) is 82.1 Å². The van der Waals surface area contributed by atoms with Crippen LogP contribution in [0.25, 0.3) is 0 Å². The Morgan fingerprint density at radius 2 is 1.94 bits per heavy atom. The maximum atomic E-state index is 14.8. The van der Waals surface area contributed by atoms with Gasteiger partial charge in [0.1, 0.15) is 17.7 Å². The van der Waals surface area contributed by atoms with Gasteiger partial charge in [-0.05, 0) is 43.9 Å². The van der Waals surface area contributed by atoms with Crippen LogP contribution in [0.5, 0.6) is 0 Å². The van der Waals surface area contributed by atoms with Gasteiger partial charge in [-0.3, -0.25) is 19.2 Å². The highest BCUT2D eigenvalue weighted by Gasteiger charge is 2.77. The van der Waals surface area contributed by atoms with E-state index in [4.69, 9.17) is 21.1 Å². The van der Waals surface area contributed by atoms with Gasteiger partial charge >= 0.3 is 5.97 Å². The van der Waals surface area contributed by atoms with E-state index in [-0.39, 0.29) is 36.7 Å². The van der Waals surface area contributed by atoms with Crippen LogP contribution in [-0.2, 0) is 28.7 Å². The number of para-hydroxylation sites is 1. The number of halogens is 2. The largest absolute Gasteiger partial charge is 0.455 e. The van der Waals surface area contributed by atoms with Crippen molar-refractivity contribution in [3.8, 4) is 0 Å². The van der Waals surface area contributed by atoms with Gasteiger partial charge in [0.25, 0.3) is 5.91 Å². The molecule has 3 amide bonds. The van der Waals surface area contributed by atoms with Crippen molar-refractivity contribution in [1.82, 2.24) is 10.2 Å². The second-order valence-electron chi connectivity index (χ2n) is 12.6. The zero-order valence-corrected chi connectivity index (χ0v) is 29.4. The van der Waals surface area contributed by atoms with Crippen LogP contribution in [0.4, 0.5) is 5.69 Å². The van der Waals surface area contributed by atoms with Crippen LogP contribution in [0.2, 0.25) is 5.02 Å². The van der Waals surface area contributed by atoms with E-state index in [2.05, 4.69) is 34.4 Å². The summed E-state index contributed by atoms with van der Waals surface area (Å²) in [5, 5.41) is 13.5. The molecule has 10 nitrogen and oxygen atoms in total. The summed E-state index contributed by atoms with van der Waals surface area (Å²) in [7, 11) is 0. The number of carbonyl (C=O) groups excluding carboxylic acids is 4. The third kappa shape index (κ3) is 6.45. The molecule has 5 rings (SSSR count). The molecule has 2 N–H and O–H groups in total. The first-order valence-corrected chi connectivity index (χ1v) is 17.3. The highest BCUT2D eigenvalue weighted by molar-refractivity contribution is 9.09. The zero-order chi connectivity index (χ0) is 34.7. The standard InChI is InChI=1S/C36H41BrClN3O7/c1-5-7-16-27(43)39-19-26(23-13-9-8-10-14-23)47-35(46)28-29-33(44)41(22(4)20-42)32(36(29)18-24(37)31(28)48-36)34(45)40(17-6-2)30-21(3)12-11-15-25(30)38/h5-6,8-15,22,24,26,28-29,31-32,42H,1-2,7,16-20H2,3-4H3,(H,39,43)/t22-,24?,26+,28+,29-,31+,32+,36-/m1/s1. The number of rotatable bonds is 14. The third-order valence-corrected chi connectivity index (χ3v) is 10.6. The van der Waals surface area contributed by atoms with E-state index in [9.17, 15) is 24.3 Å². The lowest BCUT2D eigenvalue weighted by atomic mass is 9.70. The number of aryl methyl sites for hydroxylation is 1. The van der Waals surface area contributed by atoms with Crippen LogP contribution in [-0.4, -0.2) is 82.0 Å². The average molecular weight is 743 g/mol. The van der Waals surface area contributed by atoms with Crippen molar-refractivity contribution in [3.63, 3.8) is 0 Å². The van der Waals surface area contributed by atoms with Crippen molar-refractivity contribution in [2.24, 2.45) is 11.8 Å². The monoisotopic (exact) mass is 741 g/mol. The molecule has 3 heterocycles. The van der Waals surface area contributed by atoms with Gasteiger partial charge in [-0.15, -0.1) is 13.2 Å². The molecular formula is C36H41BrClN3O7. The predicted molar refractivity (Wildman–Crippen MR) is 186 cm³/mol. The Balaban J connectivity index is 1.51. The number of esters is 1. The number of benzene rings is 2. The summed E-state index contributed by atoms with van der Waals surface area (Å²) in [4.78, 5) is 58.4. The van der Waals surface area contributed by atoms with Gasteiger partial charge < -0.3 is 29.7 Å². The minimum Gasteiger partial charge on any atom is -0.455 e. The molecule has 2 bridgehead atoms. The van der Waals surface area contributed by atoms with Gasteiger partial charge in [-0.25, -0.2) is 0 Å². The van der Waals surface area contributed by atoms with E-state index >= 15 is 0 Å². The molecule has 0 radical (unpaired) electrons. The van der Waals surface area contributed by atoms with Gasteiger partial charge in [0.05, 0.1) is 47.8 Å². The smallest absolute Gasteiger partial charge is 0.313 e. The first-order chi connectivity index (χ1) is 23.0. The number of aliphatic hydroxyl groups excluding tert-OH is 1. The minimum absolute atomic E-state index is 0.0218. The molecule has 0 saturated carbocycles. The Kier molecular flexibility index (Phi) is 11.1. The topological polar surface area (TPSA) is 125 Å². The number of nitrogens with zero attached hydrogens (tertiary/aromatic N) is 2. The molecule has 48 heavy (non-hydrogen) atoms. The van der Waals surface area contributed by atoms with E-state index in [1.807, 2.05) is 19.1 Å². The Bertz CT molecular complexity index is 1550. The summed E-state index contributed by atoms with van der Waals surface area (Å²) < 4.78 is 12.7. The number of hydrogen-bond acceptors (Lipinski definition) is 7. The van der Waals surface area contributed by atoms with Crippen LogP contribution in [0.1, 0.15) is 43.4 Å². The van der Waals surface area contributed by atoms with E-state index in [1.165, 1.54) is 9.80 Å². The molecule has 0 aromatic heterocycles. The summed E-state index contributed by atoms with van der Waals surface area (Å²) in [6.07, 6.45) is 2.64.